The standard InChI is InChI=1S/C13H15BrN4O/c1-10-17-16-9-18(10)6-5-15-13(19)8-11-3-2-4-12(14)7-11/h2-4,7,9H,5-6,8H2,1H3,(H,15,19). The van der Waals surface area contributed by atoms with Crippen LogP contribution in [0.15, 0.2) is 35.1 Å². The smallest absolute Gasteiger partial charge is 0.224 e. The number of nitrogens with zero attached hydrogens (tertiary/aromatic N) is 3. The van der Waals surface area contributed by atoms with Gasteiger partial charge in [-0.25, -0.2) is 0 Å². The summed E-state index contributed by atoms with van der Waals surface area (Å²) in [7, 11) is 0. The van der Waals surface area contributed by atoms with E-state index in [1.54, 1.807) is 6.33 Å². The van der Waals surface area contributed by atoms with Crippen molar-refractivity contribution < 1.29 is 4.79 Å². The molecule has 0 aliphatic carbocycles. The largest absolute Gasteiger partial charge is 0.354 e. The van der Waals surface area contributed by atoms with E-state index in [1.165, 1.54) is 0 Å². The van der Waals surface area contributed by atoms with Crippen LogP contribution >= 0.6 is 15.9 Å². The van der Waals surface area contributed by atoms with E-state index in [0.717, 1.165) is 15.9 Å². The highest BCUT2D eigenvalue weighted by Gasteiger charge is 2.04. The molecular formula is C13H15BrN4O. The van der Waals surface area contributed by atoms with E-state index in [9.17, 15) is 4.79 Å². The predicted octanol–water partition coefficient (Wildman–Crippen LogP) is 1.71. The third-order valence-electron chi connectivity index (χ3n) is 2.74. The molecule has 0 saturated heterocycles. The topological polar surface area (TPSA) is 59.8 Å². The van der Waals surface area contributed by atoms with Gasteiger partial charge in [-0.1, -0.05) is 28.1 Å². The molecule has 1 heterocycles. The SMILES string of the molecule is Cc1nncn1CCNC(=O)Cc1cccc(Br)c1. The number of carbonyl (C=O) groups is 1. The first-order valence-corrected chi connectivity index (χ1v) is 6.80. The number of nitrogens with one attached hydrogen (secondary N) is 1. The first-order chi connectivity index (χ1) is 9.15. The third kappa shape index (κ3) is 4.17. The fraction of sp³-hybridized carbons (Fsp3) is 0.308. The second-order valence-corrected chi connectivity index (χ2v) is 5.14. The maximum absolute atomic E-state index is 11.8. The van der Waals surface area contributed by atoms with Gasteiger partial charge in [-0.05, 0) is 24.6 Å². The molecule has 0 fully saturated rings. The summed E-state index contributed by atoms with van der Waals surface area (Å²) < 4.78 is 2.89. The molecule has 6 heteroatoms. The van der Waals surface area contributed by atoms with Crippen molar-refractivity contribution in [2.45, 2.75) is 19.9 Å². The van der Waals surface area contributed by atoms with Crippen molar-refractivity contribution in [3.8, 4) is 0 Å². The molecule has 2 aromatic rings. The van der Waals surface area contributed by atoms with Gasteiger partial charge in [-0.3, -0.25) is 4.79 Å². The van der Waals surface area contributed by atoms with Crippen molar-refractivity contribution in [2.24, 2.45) is 0 Å². The predicted molar refractivity (Wildman–Crippen MR) is 75.6 cm³/mol. The molecular weight excluding hydrogens is 308 g/mol. The quantitative estimate of drug-likeness (QED) is 0.911. The Kier molecular flexibility index (Phi) is 4.68. The first kappa shape index (κ1) is 13.7. The fourth-order valence-corrected chi connectivity index (χ4v) is 2.19. The van der Waals surface area contributed by atoms with Crippen LogP contribution in [0, 0.1) is 6.92 Å². The highest BCUT2D eigenvalue weighted by Crippen LogP contribution is 2.11. The van der Waals surface area contributed by atoms with Crippen LogP contribution in [0.4, 0.5) is 0 Å². The molecule has 0 saturated carbocycles. The fourth-order valence-electron chi connectivity index (χ4n) is 1.74. The van der Waals surface area contributed by atoms with Gasteiger partial charge in [0, 0.05) is 17.6 Å². The number of rotatable bonds is 5. The molecule has 0 radical (unpaired) electrons. The van der Waals surface area contributed by atoms with Crippen molar-refractivity contribution in [3.63, 3.8) is 0 Å². The second-order valence-electron chi connectivity index (χ2n) is 4.23. The third-order valence-corrected chi connectivity index (χ3v) is 3.23. The number of halogens is 1. The molecule has 1 amide bonds. The van der Waals surface area contributed by atoms with Gasteiger partial charge in [0.1, 0.15) is 12.2 Å². The van der Waals surface area contributed by atoms with Gasteiger partial charge in [0.05, 0.1) is 6.42 Å². The number of benzene rings is 1. The van der Waals surface area contributed by atoms with Crippen LogP contribution < -0.4 is 5.32 Å². The Balaban J connectivity index is 1.77. The molecule has 0 unspecified atom stereocenters. The summed E-state index contributed by atoms with van der Waals surface area (Å²) >= 11 is 3.39. The van der Waals surface area contributed by atoms with Gasteiger partial charge in [-0.15, -0.1) is 10.2 Å². The summed E-state index contributed by atoms with van der Waals surface area (Å²) in [6, 6.07) is 7.75. The molecule has 0 aliphatic heterocycles. The van der Waals surface area contributed by atoms with E-state index in [-0.39, 0.29) is 5.91 Å². The minimum absolute atomic E-state index is 0.0174. The van der Waals surface area contributed by atoms with Gasteiger partial charge in [0.15, 0.2) is 0 Å². The summed E-state index contributed by atoms with van der Waals surface area (Å²) in [5.74, 6) is 0.866. The Morgan fingerprint density at radius 1 is 1.47 bits per heavy atom. The number of carbonyl (C=O) groups excluding carboxylic acids is 1. The van der Waals surface area contributed by atoms with E-state index >= 15 is 0 Å². The average Bonchev–Trinajstić information content (AvgIpc) is 2.75. The summed E-state index contributed by atoms with van der Waals surface area (Å²) in [5.41, 5.74) is 0.993. The van der Waals surface area contributed by atoms with Crippen LogP contribution in [-0.4, -0.2) is 27.2 Å². The molecule has 0 spiro atoms. The zero-order valence-electron chi connectivity index (χ0n) is 10.6. The Morgan fingerprint density at radius 2 is 2.32 bits per heavy atom. The van der Waals surface area contributed by atoms with Gasteiger partial charge < -0.3 is 9.88 Å². The monoisotopic (exact) mass is 322 g/mol. The van der Waals surface area contributed by atoms with E-state index in [1.807, 2.05) is 35.8 Å². The zero-order valence-corrected chi connectivity index (χ0v) is 12.2. The van der Waals surface area contributed by atoms with Crippen LogP contribution in [0.3, 0.4) is 0 Å². The first-order valence-electron chi connectivity index (χ1n) is 6.00. The molecule has 100 valence electrons. The summed E-state index contributed by atoms with van der Waals surface area (Å²) in [4.78, 5) is 11.8. The maximum Gasteiger partial charge on any atom is 0.224 e. The minimum Gasteiger partial charge on any atom is -0.354 e. The van der Waals surface area contributed by atoms with Crippen LogP contribution in [0.1, 0.15) is 11.4 Å². The number of aryl methyl sites for hydroxylation is 1. The van der Waals surface area contributed by atoms with Crippen LogP contribution in [0.5, 0.6) is 0 Å². The number of aromatic nitrogens is 3. The molecule has 19 heavy (non-hydrogen) atoms. The molecule has 1 aromatic carbocycles. The average molecular weight is 323 g/mol. The second kappa shape index (κ2) is 6.47. The molecule has 0 atom stereocenters. The van der Waals surface area contributed by atoms with E-state index in [4.69, 9.17) is 0 Å². The van der Waals surface area contributed by atoms with E-state index in [2.05, 4.69) is 31.4 Å². The number of amides is 1. The number of hydrogen-bond donors (Lipinski definition) is 1. The highest BCUT2D eigenvalue weighted by molar-refractivity contribution is 9.10. The lowest BCUT2D eigenvalue weighted by molar-refractivity contribution is -0.120. The van der Waals surface area contributed by atoms with Crippen LogP contribution in [0.25, 0.3) is 0 Å². The molecule has 5 nitrogen and oxygen atoms in total. The lowest BCUT2D eigenvalue weighted by Crippen LogP contribution is -2.28. The Hall–Kier alpha value is -1.69. The summed E-state index contributed by atoms with van der Waals surface area (Å²) in [5, 5.41) is 10.6. The van der Waals surface area contributed by atoms with Crippen molar-refractivity contribution in [1.29, 1.82) is 0 Å². The van der Waals surface area contributed by atoms with Crippen molar-refractivity contribution in [3.05, 3.63) is 46.5 Å². The normalized spacial score (nSPS) is 10.4. The lowest BCUT2D eigenvalue weighted by Gasteiger charge is -2.07. The van der Waals surface area contributed by atoms with E-state index < -0.39 is 0 Å². The van der Waals surface area contributed by atoms with Crippen molar-refractivity contribution in [2.75, 3.05) is 6.54 Å². The van der Waals surface area contributed by atoms with Gasteiger partial charge in [-0.2, -0.15) is 0 Å². The van der Waals surface area contributed by atoms with E-state index in [0.29, 0.717) is 19.5 Å². The van der Waals surface area contributed by atoms with Crippen molar-refractivity contribution >= 4 is 21.8 Å². The molecule has 0 aliphatic rings. The molecule has 1 aromatic heterocycles. The molecule has 0 bridgehead atoms. The summed E-state index contributed by atoms with van der Waals surface area (Å²) in [6.07, 6.45) is 2.05. The van der Waals surface area contributed by atoms with Crippen LogP contribution in [-0.2, 0) is 17.8 Å². The Bertz CT molecular complexity index is 567. The lowest BCUT2D eigenvalue weighted by atomic mass is 10.1. The Labute approximate surface area is 120 Å². The minimum atomic E-state index is 0.0174. The zero-order chi connectivity index (χ0) is 13.7. The van der Waals surface area contributed by atoms with Gasteiger partial charge in [0.2, 0.25) is 5.91 Å². The van der Waals surface area contributed by atoms with Crippen LogP contribution in [0.2, 0.25) is 0 Å². The summed E-state index contributed by atoms with van der Waals surface area (Å²) in [6.45, 7) is 3.14. The van der Waals surface area contributed by atoms with Gasteiger partial charge in [0.25, 0.3) is 0 Å². The van der Waals surface area contributed by atoms with Crippen molar-refractivity contribution in [1.82, 2.24) is 20.1 Å². The highest BCUT2D eigenvalue weighted by atomic mass is 79.9. The van der Waals surface area contributed by atoms with Gasteiger partial charge >= 0.3 is 0 Å². The molecule has 2 rings (SSSR count). The Morgan fingerprint density at radius 3 is 3.00 bits per heavy atom. The molecule has 1 N–H and O–H groups in total. The maximum atomic E-state index is 11.8. The number of hydrogen-bond acceptors (Lipinski definition) is 3.